The quantitative estimate of drug-likeness (QED) is 0.812. The van der Waals surface area contributed by atoms with E-state index in [0.29, 0.717) is 5.92 Å². The molecule has 0 unspecified atom stereocenters. The summed E-state index contributed by atoms with van der Waals surface area (Å²) in [6.45, 7) is 4.37. The molecule has 1 aromatic heterocycles. The molecular formula is C17H17NO. The lowest BCUT2D eigenvalue weighted by atomic mass is 9.80. The summed E-state index contributed by atoms with van der Waals surface area (Å²) < 4.78 is 0. The first kappa shape index (κ1) is 12.1. The topological polar surface area (TPSA) is 30.0 Å². The third-order valence-corrected chi connectivity index (χ3v) is 3.99. The lowest BCUT2D eigenvalue weighted by Gasteiger charge is -2.23. The van der Waals surface area contributed by atoms with Crippen LogP contribution >= 0.6 is 0 Å². The van der Waals surface area contributed by atoms with Crippen LogP contribution in [-0.4, -0.2) is 10.8 Å². The Morgan fingerprint density at radius 2 is 1.89 bits per heavy atom. The molecule has 2 heteroatoms. The number of aromatic nitrogens is 1. The first-order valence-corrected chi connectivity index (χ1v) is 6.73. The van der Waals surface area contributed by atoms with Crippen LogP contribution in [-0.2, 0) is 0 Å². The molecule has 0 spiro atoms. The van der Waals surface area contributed by atoms with E-state index in [9.17, 15) is 4.79 Å². The molecule has 1 aliphatic carbocycles. The molecule has 0 radical (unpaired) electrons. The molecule has 2 aromatic rings. The number of hydrogen-bond acceptors (Lipinski definition) is 2. The Morgan fingerprint density at radius 3 is 2.58 bits per heavy atom. The van der Waals surface area contributed by atoms with Gasteiger partial charge in [0.1, 0.15) is 0 Å². The van der Waals surface area contributed by atoms with Gasteiger partial charge in [-0.1, -0.05) is 44.2 Å². The monoisotopic (exact) mass is 251 g/mol. The first-order chi connectivity index (χ1) is 9.20. The van der Waals surface area contributed by atoms with Crippen LogP contribution < -0.4 is 0 Å². The second kappa shape index (κ2) is 4.61. The van der Waals surface area contributed by atoms with Crippen molar-refractivity contribution < 1.29 is 4.79 Å². The normalized spacial score (nSPS) is 21.7. The van der Waals surface area contributed by atoms with Crippen LogP contribution in [0.5, 0.6) is 0 Å². The van der Waals surface area contributed by atoms with Crippen LogP contribution in [0.4, 0.5) is 0 Å². The third kappa shape index (κ3) is 1.88. The molecule has 19 heavy (non-hydrogen) atoms. The average Bonchev–Trinajstić information content (AvgIpc) is 2.74. The van der Waals surface area contributed by atoms with Crippen molar-refractivity contribution in [2.75, 3.05) is 0 Å². The molecule has 0 saturated carbocycles. The van der Waals surface area contributed by atoms with Gasteiger partial charge in [0.05, 0.1) is 5.92 Å². The molecule has 0 N–H and O–H groups in total. The summed E-state index contributed by atoms with van der Waals surface area (Å²) in [4.78, 5) is 16.9. The van der Waals surface area contributed by atoms with E-state index in [-0.39, 0.29) is 17.6 Å². The highest BCUT2D eigenvalue weighted by atomic mass is 16.1. The summed E-state index contributed by atoms with van der Waals surface area (Å²) in [6.07, 6.45) is 3.57. The molecule has 0 saturated heterocycles. The predicted octanol–water partition coefficient (Wildman–Crippen LogP) is 3.80. The number of carbonyl (C=O) groups is 1. The standard InChI is InChI=1S/C17H17NO/c1-11(2)15-13-7-3-4-8-14(13)17(19)16(15)12-6-5-9-18-10-12/h3-11,15-16H,1-2H3/t15-,16-/m1/s1. The van der Waals surface area contributed by atoms with Crippen LogP contribution in [0.1, 0.15) is 47.2 Å². The minimum absolute atomic E-state index is 0.0777. The number of Topliss-reactive ketones (excluding diaryl/α,β-unsaturated/α-hetero) is 1. The van der Waals surface area contributed by atoms with Crippen molar-refractivity contribution >= 4 is 5.78 Å². The average molecular weight is 251 g/mol. The summed E-state index contributed by atoms with van der Waals surface area (Å²) >= 11 is 0. The Hall–Kier alpha value is -1.96. The van der Waals surface area contributed by atoms with Crippen LogP contribution in [0.25, 0.3) is 0 Å². The fourth-order valence-corrected chi connectivity index (χ4v) is 3.18. The number of ketones is 1. The molecule has 96 valence electrons. The predicted molar refractivity (Wildman–Crippen MR) is 75.3 cm³/mol. The number of fused-ring (bicyclic) bond motifs is 1. The number of pyridine rings is 1. The van der Waals surface area contributed by atoms with Gasteiger partial charge in [-0.05, 0) is 23.1 Å². The largest absolute Gasteiger partial charge is 0.293 e. The van der Waals surface area contributed by atoms with Gasteiger partial charge in [0, 0.05) is 23.9 Å². The van der Waals surface area contributed by atoms with Crippen molar-refractivity contribution in [2.24, 2.45) is 5.92 Å². The van der Waals surface area contributed by atoms with Crippen LogP contribution in [0.15, 0.2) is 48.8 Å². The third-order valence-electron chi connectivity index (χ3n) is 3.99. The summed E-state index contributed by atoms with van der Waals surface area (Å²) in [5, 5.41) is 0. The zero-order valence-corrected chi connectivity index (χ0v) is 11.2. The van der Waals surface area contributed by atoms with Gasteiger partial charge in [-0.2, -0.15) is 0 Å². The van der Waals surface area contributed by atoms with E-state index < -0.39 is 0 Å². The SMILES string of the molecule is CC(C)[C@@H]1c2ccccc2C(=O)[C@@H]1c1cccnc1. The Labute approximate surface area is 113 Å². The Bertz CT molecular complexity index is 604. The Balaban J connectivity index is 2.14. The molecule has 2 nitrogen and oxygen atoms in total. The van der Waals surface area contributed by atoms with Gasteiger partial charge in [0.25, 0.3) is 0 Å². The molecule has 1 heterocycles. The first-order valence-electron chi connectivity index (χ1n) is 6.73. The molecular weight excluding hydrogens is 234 g/mol. The van der Waals surface area contributed by atoms with Crippen molar-refractivity contribution in [3.05, 3.63) is 65.5 Å². The highest BCUT2D eigenvalue weighted by Crippen LogP contribution is 2.47. The maximum Gasteiger partial charge on any atom is 0.171 e. The van der Waals surface area contributed by atoms with E-state index in [1.807, 2.05) is 36.5 Å². The Kier molecular flexibility index (Phi) is 2.94. The molecule has 0 amide bonds. The van der Waals surface area contributed by atoms with Crippen molar-refractivity contribution in [1.29, 1.82) is 0 Å². The maximum atomic E-state index is 12.7. The lowest BCUT2D eigenvalue weighted by molar-refractivity contribution is 0.0958. The van der Waals surface area contributed by atoms with Gasteiger partial charge in [0.15, 0.2) is 5.78 Å². The van der Waals surface area contributed by atoms with E-state index in [1.165, 1.54) is 5.56 Å². The molecule has 1 aromatic carbocycles. The van der Waals surface area contributed by atoms with Crippen molar-refractivity contribution in [1.82, 2.24) is 4.98 Å². The number of nitrogens with zero attached hydrogens (tertiary/aromatic N) is 1. The zero-order chi connectivity index (χ0) is 13.4. The van der Waals surface area contributed by atoms with Crippen LogP contribution in [0, 0.1) is 5.92 Å². The number of carbonyl (C=O) groups excluding carboxylic acids is 1. The van der Waals surface area contributed by atoms with E-state index in [4.69, 9.17) is 0 Å². The summed E-state index contributed by atoms with van der Waals surface area (Å²) in [5.41, 5.74) is 3.11. The molecule has 2 atom stereocenters. The van der Waals surface area contributed by atoms with E-state index in [2.05, 4.69) is 24.9 Å². The van der Waals surface area contributed by atoms with E-state index in [0.717, 1.165) is 11.1 Å². The van der Waals surface area contributed by atoms with Crippen molar-refractivity contribution in [3.63, 3.8) is 0 Å². The summed E-state index contributed by atoms with van der Waals surface area (Å²) in [5.74, 6) is 0.846. The van der Waals surface area contributed by atoms with Crippen molar-refractivity contribution in [3.8, 4) is 0 Å². The van der Waals surface area contributed by atoms with Crippen molar-refractivity contribution in [2.45, 2.75) is 25.7 Å². The second-order valence-electron chi connectivity index (χ2n) is 5.49. The van der Waals surface area contributed by atoms with Gasteiger partial charge in [0.2, 0.25) is 0 Å². The summed E-state index contributed by atoms with van der Waals surface area (Å²) in [6, 6.07) is 11.9. The molecule has 0 bridgehead atoms. The molecule has 0 fully saturated rings. The van der Waals surface area contributed by atoms with Gasteiger partial charge in [-0.3, -0.25) is 9.78 Å². The van der Waals surface area contributed by atoms with Gasteiger partial charge in [-0.15, -0.1) is 0 Å². The lowest BCUT2D eigenvalue weighted by Crippen LogP contribution is -2.16. The number of rotatable bonds is 2. The maximum absolute atomic E-state index is 12.7. The van der Waals surface area contributed by atoms with E-state index >= 15 is 0 Å². The highest BCUT2D eigenvalue weighted by Gasteiger charge is 2.41. The molecule has 3 rings (SSSR count). The summed E-state index contributed by atoms with van der Waals surface area (Å²) in [7, 11) is 0. The fourth-order valence-electron chi connectivity index (χ4n) is 3.18. The number of benzene rings is 1. The Morgan fingerprint density at radius 1 is 1.11 bits per heavy atom. The fraction of sp³-hybridized carbons (Fsp3) is 0.294. The molecule has 1 aliphatic rings. The minimum atomic E-state index is -0.0777. The van der Waals surface area contributed by atoms with E-state index in [1.54, 1.807) is 6.20 Å². The number of hydrogen-bond donors (Lipinski definition) is 0. The van der Waals surface area contributed by atoms with Gasteiger partial charge < -0.3 is 0 Å². The van der Waals surface area contributed by atoms with Crippen LogP contribution in [0.2, 0.25) is 0 Å². The van der Waals surface area contributed by atoms with Gasteiger partial charge >= 0.3 is 0 Å². The highest BCUT2D eigenvalue weighted by molar-refractivity contribution is 6.06. The molecule has 0 aliphatic heterocycles. The second-order valence-corrected chi connectivity index (χ2v) is 5.49. The zero-order valence-electron chi connectivity index (χ0n) is 11.2. The smallest absolute Gasteiger partial charge is 0.171 e. The van der Waals surface area contributed by atoms with Crippen LogP contribution in [0.3, 0.4) is 0 Å². The minimum Gasteiger partial charge on any atom is -0.293 e. The van der Waals surface area contributed by atoms with Gasteiger partial charge in [-0.25, -0.2) is 0 Å².